The first-order chi connectivity index (χ1) is 11.5. The Kier molecular flexibility index (Phi) is 9.28. The lowest BCUT2D eigenvalue weighted by Crippen LogP contribution is -2.53. The fourth-order valence-corrected chi connectivity index (χ4v) is 10.3. The van der Waals surface area contributed by atoms with Gasteiger partial charge < -0.3 is 14.6 Å². The second-order valence-corrected chi connectivity index (χ2v) is 20.3. The van der Waals surface area contributed by atoms with Crippen molar-refractivity contribution in [3.8, 4) is 0 Å². The minimum atomic E-state index is -2.24. The van der Waals surface area contributed by atoms with Crippen LogP contribution in [-0.2, 0) is 13.6 Å². The molecule has 2 atom stereocenters. The van der Waals surface area contributed by atoms with Crippen LogP contribution in [0.1, 0.15) is 69.2 Å². The summed E-state index contributed by atoms with van der Waals surface area (Å²) in [6.07, 6.45) is -0.290. The minimum absolute atomic E-state index is 0.0797. The van der Waals surface area contributed by atoms with Crippen molar-refractivity contribution in [2.45, 2.75) is 110 Å². The van der Waals surface area contributed by atoms with Crippen molar-refractivity contribution in [3.05, 3.63) is 0 Å². The van der Waals surface area contributed by atoms with Crippen molar-refractivity contribution < 1.29 is 13.6 Å². The molecule has 0 aliphatic carbocycles. The largest absolute Gasteiger partial charge is 0.518 e. The number of hydrogen-bond acceptors (Lipinski definition) is 4. The van der Waals surface area contributed by atoms with E-state index in [9.17, 15) is 4.79 Å². The number of hydrogen-bond donors (Lipinski definition) is 1. The number of nitrogens with two attached hydrogens (primary N) is 1. The Bertz CT molecular complexity index is 435. The molecule has 0 rings (SSSR count). The first-order valence-electron chi connectivity index (χ1n) is 10.1. The van der Waals surface area contributed by atoms with E-state index in [0.717, 1.165) is 0 Å². The average Bonchev–Trinajstić information content (AvgIpc) is 2.46. The van der Waals surface area contributed by atoms with Crippen LogP contribution in [0.5, 0.6) is 0 Å². The van der Waals surface area contributed by atoms with Crippen molar-refractivity contribution in [3.63, 3.8) is 0 Å². The first kappa shape index (κ1) is 25.8. The van der Waals surface area contributed by atoms with Gasteiger partial charge in [-0.2, -0.15) is 0 Å². The molecule has 26 heavy (non-hydrogen) atoms. The summed E-state index contributed by atoms with van der Waals surface area (Å²) in [6.45, 7) is 26.4. The van der Waals surface area contributed by atoms with Crippen molar-refractivity contribution in [1.29, 1.82) is 0 Å². The average molecular weight is 404 g/mol. The van der Waals surface area contributed by atoms with E-state index in [2.05, 4.69) is 75.4 Å². The Morgan fingerprint density at radius 2 is 1.31 bits per heavy atom. The van der Waals surface area contributed by atoms with Gasteiger partial charge in [0.25, 0.3) is 14.3 Å². The summed E-state index contributed by atoms with van der Waals surface area (Å²) in [5.74, 6) is -0.487. The molecule has 0 bridgehead atoms. The first-order valence-corrected chi connectivity index (χ1v) is 15.2. The van der Waals surface area contributed by atoms with Crippen LogP contribution in [0.3, 0.4) is 0 Å². The molecule has 6 heteroatoms. The van der Waals surface area contributed by atoms with E-state index in [1.165, 1.54) is 0 Å². The summed E-state index contributed by atoms with van der Waals surface area (Å²) in [6, 6.07) is 0. The molecule has 0 amide bonds. The second-order valence-electron chi connectivity index (χ2n) is 10.2. The van der Waals surface area contributed by atoms with Crippen LogP contribution in [-0.4, -0.2) is 35.3 Å². The molecule has 0 fully saturated rings. The van der Waals surface area contributed by atoms with Gasteiger partial charge in [-0.3, -0.25) is 4.79 Å². The number of carbonyl (C=O) groups excluding carboxylic acids is 1. The van der Waals surface area contributed by atoms with Gasteiger partial charge in [0.2, 0.25) is 0 Å². The van der Waals surface area contributed by atoms with Gasteiger partial charge in [-0.05, 0) is 41.7 Å². The van der Waals surface area contributed by atoms with Crippen LogP contribution < -0.4 is 5.73 Å². The van der Waals surface area contributed by atoms with Crippen LogP contribution in [0, 0.1) is 5.92 Å². The topological polar surface area (TPSA) is 61.5 Å². The van der Waals surface area contributed by atoms with Gasteiger partial charge in [0.05, 0.1) is 12.0 Å². The van der Waals surface area contributed by atoms with Crippen molar-refractivity contribution in [1.82, 2.24) is 0 Å². The van der Waals surface area contributed by atoms with E-state index in [1.54, 1.807) is 0 Å². The third kappa shape index (κ3) is 5.66. The van der Waals surface area contributed by atoms with E-state index in [4.69, 9.17) is 14.6 Å². The molecule has 156 valence electrons. The van der Waals surface area contributed by atoms with Crippen LogP contribution in [0.4, 0.5) is 0 Å². The van der Waals surface area contributed by atoms with Gasteiger partial charge in [-0.15, -0.1) is 0 Å². The minimum Gasteiger partial charge on any atom is -0.518 e. The molecule has 0 saturated heterocycles. The molecule has 0 aromatic rings. The summed E-state index contributed by atoms with van der Waals surface area (Å²) < 4.78 is 12.8. The maximum absolute atomic E-state index is 13.1. The van der Waals surface area contributed by atoms with E-state index in [-0.39, 0.29) is 23.0 Å². The molecule has 0 saturated carbocycles. The van der Waals surface area contributed by atoms with Gasteiger partial charge in [-0.1, -0.05) is 62.3 Å². The predicted molar refractivity (Wildman–Crippen MR) is 117 cm³/mol. The van der Waals surface area contributed by atoms with E-state index >= 15 is 0 Å². The highest BCUT2D eigenvalue weighted by atomic mass is 28.4. The molecule has 0 aromatic carbocycles. The van der Waals surface area contributed by atoms with Gasteiger partial charge in [0.1, 0.15) is 0 Å². The zero-order valence-electron chi connectivity index (χ0n) is 19.4. The summed E-state index contributed by atoms with van der Waals surface area (Å²) in [4.78, 5) is 13.1. The molecule has 4 nitrogen and oxygen atoms in total. The SMILES string of the molecule is CC(C)[Si](OC(=O)[C@@H](C)[C@H](CN)O[Si](C)(C)C(C)(C)C)(C(C)C)C(C)C. The van der Waals surface area contributed by atoms with Gasteiger partial charge in [-0.25, -0.2) is 0 Å². The van der Waals surface area contributed by atoms with Crippen LogP contribution >= 0.6 is 0 Å². The Morgan fingerprint density at radius 1 is 0.923 bits per heavy atom. The molecule has 0 unspecified atom stereocenters. The van der Waals surface area contributed by atoms with E-state index < -0.39 is 16.6 Å². The fraction of sp³-hybridized carbons (Fsp3) is 0.950. The van der Waals surface area contributed by atoms with Gasteiger partial charge >= 0.3 is 0 Å². The highest BCUT2D eigenvalue weighted by Crippen LogP contribution is 2.43. The monoisotopic (exact) mass is 403 g/mol. The number of carbonyl (C=O) groups is 1. The zero-order valence-corrected chi connectivity index (χ0v) is 21.4. The maximum atomic E-state index is 13.1. The molecular weight excluding hydrogens is 358 g/mol. The predicted octanol–water partition coefficient (Wildman–Crippen LogP) is 5.69. The standard InChI is InChI=1S/C20H45NO3Si2/c1-14(2)26(15(3)4,16(5)6)24-19(22)17(7)18(13-21)23-25(11,12)20(8,9)10/h14-18H,13,21H2,1-12H3/t17-,18-/m0/s1. The molecule has 0 heterocycles. The Balaban J connectivity index is 5.51. The Hall–Kier alpha value is -0.176. The lowest BCUT2D eigenvalue weighted by atomic mass is 10.1. The van der Waals surface area contributed by atoms with Crippen LogP contribution in [0.25, 0.3) is 0 Å². The molecule has 0 radical (unpaired) electrons. The normalized spacial score (nSPS) is 16.3. The summed E-state index contributed by atoms with van der Waals surface area (Å²) in [5.41, 5.74) is 7.12. The molecule has 2 N–H and O–H groups in total. The quantitative estimate of drug-likeness (QED) is 0.502. The lowest BCUT2D eigenvalue weighted by molar-refractivity contribution is -0.142. The van der Waals surface area contributed by atoms with Crippen LogP contribution in [0.2, 0.25) is 34.8 Å². The maximum Gasteiger partial charge on any atom is 0.298 e. The molecule has 0 aliphatic heterocycles. The van der Waals surface area contributed by atoms with Gasteiger partial charge in [0.15, 0.2) is 8.32 Å². The Labute approximate surface area is 164 Å². The van der Waals surface area contributed by atoms with E-state index in [1.807, 2.05) is 6.92 Å². The molecule has 0 aromatic heterocycles. The molecule has 0 aliphatic rings. The molecule has 0 spiro atoms. The summed E-state index contributed by atoms with van der Waals surface area (Å²) in [7, 11) is -4.24. The lowest BCUT2D eigenvalue weighted by Gasteiger charge is -2.43. The second kappa shape index (κ2) is 9.35. The van der Waals surface area contributed by atoms with E-state index in [0.29, 0.717) is 23.2 Å². The summed E-state index contributed by atoms with van der Waals surface area (Å²) >= 11 is 0. The molecular formula is C20H45NO3Si2. The third-order valence-electron chi connectivity index (χ3n) is 6.40. The fourth-order valence-electron chi connectivity index (χ4n) is 3.68. The Morgan fingerprint density at radius 3 is 1.58 bits per heavy atom. The van der Waals surface area contributed by atoms with Crippen molar-refractivity contribution in [2.75, 3.05) is 6.54 Å². The summed E-state index contributed by atoms with van der Waals surface area (Å²) in [5, 5.41) is 0.0797. The highest BCUT2D eigenvalue weighted by molar-refractivity contribution is 6.79. The van der Waals surface area contributed by atoms with Crippen molar-refractivity contribution >= 4 is 22.6 Å². The van der Waals surface area contributed by atoms with Gasteiger partial charge in [0, 0.05) is 6.54 Å². The smallest absolute Gasteiger partial charge is 0.298 e. The highest BCUT2D eigenvalue weighted by Gasteiger charge is 2.49. The third-order valence-corrected chi connectivity index (χ3v) is 16.9. The zero-order chi connectivity index (χ0) is 21.1. The number of rotatable bonds is 9. The van der Waals surface area contributed by atoms with Crippen molar-refractivity contribution in [2.24, 2.45) is 11.7 Å². The van der Waals surface area contributed by atoms with Crippen LogP contribution in [0.15, 0.2) is 0 Å².